The summed E-state index contributed by atoms with van der Waals surface area (Å²) in [6.45, 7) is 0. The van der Waals surface area contributed by atoms with Crippen molar-refractivity contribution >= 4 is 48.9 Å². The largest absolute Gasteiger partial charge is 0.309 e. The number of hydrogen-bond acceptors (Lipinski definition) is 1. The molecule has 0 saturated heterocycles. The molecule has 0 spiro atoms. The van der Waals surface area contributed by atoms with Crippen LogP contribution in [0.4, 0.5) is 0 Å². The Bertz CT molecular complexity index is 3750. The molecule has 0 bridgehead atoms. The van der Waals surface area contributed by atoms with E-state index in [1.807, 2.05) is 12.4 Å². The normalized spacial score (nSPS) is 15.5. The Labute approximate surface area is 378 Å². The Balaban J connectivity index is 0.889. The molecule has 65 heavy (non-hydrogen) atoms. The van der Waals surface area contributed by atoms with Gasteiger partial charge >= 0.3 is 0 Å². The molecule has 0 aliphatic heterocycles. The Morgan fingerprint density at radius 1 is 0.431 bits per heavy atom. The zero-order chi connectivity index (χ0) is 42.8. The summed E-state index contributed by atoms with van der Waals surface area (Å²) in [6.07, 6.45) is 13.1. The van der Waals surface area contributed by atoms with E-state index in [4.69, 9.17) is 0 Å². The molecule has 2 atom stereocenters. The van der Waals surface area contributed by atoms with Gasteiger partial charge in [-0.25, -0.2) is 0 Å². The lowest BCUT2D eigenvalue weighted by atomic mass is 9.66. The monoisotopic (exact) mass is 826 g/mol. The minimum absolute atomic E-state index is 0.192. The molecule has 13 rings (SSSR count). The first-order valence-electron chi connectivity index (χ1n) is 22.6. The second kappa shape index (κ2) is 15.2. The third-order valence-corrected chi connectivity index (χ3v) is 13.9. The van der Waals surface area contributed by atoms with E-state index in [9.17, 15) is 0 Å². The van der Waals surface area contributed by atoms with Gasteiger partial charge in [-0.05, 0) is 119 Å². The summed E-state index contributed by atoms with van der Waals surface area (Å²) in [5.41, 5.74) is 18.8. The van der Waals surface area contributed by atoms with Crippen molar-refractivity contribution in [1.29, 1.82) is 0 Å². The van der Waals surface area contributed by atoms with Crippen LogP contribution in [0.1, 0.15) is 28.2 Å². The van der Waals surface area contributed by atoms with Gasteiger partial charge < -0.3 is 4.57 Å². The fourth-order valence-electron chi connectivity index (χ4n) is 11.0. The second-order valence-corrected chi connectivity index (χ2v) is 17.4. The smallest absolute Gasteiger partial charge is 0.0572 e. The van der Waals surface area contributed by atoms with Gasteiger partial charge in [0.05, 0.1) is 11.0 Å². The third kappa shape index (κ3) is 6.06. The Hall–Kier alpha value is -8.33. The van der Waals surface area contributed by atoms with Crippen LogP contribution in [0.3, 0.4) is 0 Å². The molecule has 11 aromatic rings. The molecular formula is C63H42N2. The number of fused-ring (bicyclic) bond motifs is 7. The van der Waals surface area contributed by atoms with Gasteiger partial charge in [-0.2, -0.15) is 0 Å². The number of rotatable bonds is 6. The number of allylic oxidation sites excluding steroid dienone is 5. The fraction of sp³-hybridized carbons (Fsp3) is 0.0317. The molecule has 9 aromatic carbocycles. The SMILES string of the molecule is C1=CC2=C(c3ccc(-c4ccc(-c5cccc6c5c5cnccc5n6-c5ccccc5)cc4)c4ccccc34)c3ccccc3C(c3ccc(-c4ccc5ccccc5c4)cc3)C2C=C1. The number of para-hydroxylation sites is 1. The van der Waals surface area contributed by atoms with Crippen molar-refractivity contribution in [2.45, 2.75) is 5.92 Å². The minimum Gasteiger partial charge on any atom is -0.309 e. The molecule has 2 unspecified atom stereocenters. The average molecular weight is 827 g/mol. The highest BCUT2D eigenvalue weighted by Gasteiger charge is 2.36. The van der Waals surface area contributed by atoms with Crippen LogP contribution in [0.15, 0.2) is 249 Å². The number of aromatic nitrogens is 2. The van der Waals surface area contributed by atoms with Gasteiger partial charge in [0.15, 0.2) is 0 Å². The minimum atomic E-state index is 0.192. The van der Waals surface area contributed by atoms with Crippen molar-refractivity contribution < 1.29 is 0 Å². The topological polar surface area (TPSA) is 17.8 Å². The third-order valence-electron chi connectivity index (χ3n) is 13.9. The van der Waals surface area contributed by atoms with Crippen LogP contribution >= 0.6 is 0 Å². The predicted octanol–water partition coefficient (Wildman–Crippen LogP) is 16.2. The maximum Gasteiger partial charge on any atom is 0.0572 e. The van der Waals surface area contributed by atoms with E-state index in [-0.39, 0.29) is 11.8 Å². The van der Waals surface area contributed by atoms with Gasteiger partial charge in [-0.15, -0.1) is 0 Å². The molecule has 0 saturated carbocycles. The fourth-order valence-corrected chi connectivity index (χ4v) is 11.0. The molecular weight excluding hydrogens is 785 g/mol. The van der Waals surface area contributed by atoms with E-state index >= 15 is 0 Å². The molecule has 2 heterocycles. The molecule has 2 heteroatoms. The van der Waals surface area contributed by atoms with Crippen molar-refractivity contribution in [2.75, 3.05) is 0 Å². The Morgan fingerprint density at radius 3 is 1.95 bits per heavy atom. The standard InChI is InChI=1S/C63H42N2/c1-2-15-48(16-3-1)65-59-37-38-64-40-58(59)63-50(23-12-24-60(63)65)44-30-28-43(29-31-44)49-35-36-57(52-18-7-6-17-51(49)52)62-55-21-10-8-19-53(55)61(54-20-9-11-22-56(54)62)45-32-25-42(26-33-45)47-34-27-41-13-4-5-14-46(41)39-47/h1-40,53,61H. The lowest BCUT2D eigenvalue weighted by molar-refractivity contribution is 0.649. The molecule has 2 nitrogen and oxygen atoms in total. The average Bonchev–Trinajstić information content (AvgIpc) is 3.73. The summed E-state index contributed by atoms with van der Waals surface area (Å²) >= 11 is 0. The van der Waals surface area contributed by atoms with E-state index in [2.05, 4.69) is 240 Å². The molecule has 0 N–H and O–H groups in total. The molecule has 2 aliphatic carbocycles. The summed E-state index contributed by atoms with van der Waals surface area (Å²) in [7, 11) is 0. The van der Waals surface area contributed by atoms with E-state index in [0.717, 1.165) is 16.6 Å². The maximum atomic E-state index is 4.58. The summed E-state index contributed by atoms with van der Waals surface area (Å²) < 4.78 is 2.35. The van der Waals surface area contributed by atoms with Gasteiger partial charge in [0.2, 0.25) is 0 Å². The van der Waals surface area contributed by atoms with Crippen molar-refractivity contribution in [3.63, 3.8) is 0 Å². The summed E-state index contributed by atoms with van der Waals surface area (Å²) in [5.74, 6) is 0.391. The van der Waals surface area contributed by atoms with Crippen LogP contribution in [0.5, 0.6) is 0 Å². The van der Waals surface area contributed by atoms with Crippen LogP contribution in [-0.4, -0.2) is 9.55 Å². The van der Waals surface area contributed by atoms with Crippen molar-refractivity contribution in [1.82, 2.24) is 9.55 Å². The number of hydrogen-bond donors (Lipinski definition) is 0. The highest BCUT2D eigenvalue weighted by molar-refractivity contribution is 6.15. The maximum absolute atomic E-state index is 4.58. The van der Waals surface area contributed by atoms with Gasteiger partial charge in [0.25, 0.3) is 0 Å². The predicted molar refractivity (Wildman–Crippen MR) is 272 cm³/mol. The molecule has 0 amide bonds. The number of nitrogens with zero attached hydrogens (tertiary/aromatic N) is 2. The van der Waals surface area contributed by atoms with Gasteiger partial charge in [0, 0.05) is 40.7 Å². The first kappa shape index (κ1) is 37.2. The molecule has 0 radical (unpaired) electrons. The number of pyridine rings is 1. The number of benzene rings is 9. The highest BCUT2D eigenvalue weighted by Crippen LogP contribution is 2.52. The van der Waals surface area contributed by atoms with E-state index in [0.29, 0.717) is 0 Å². The van der Waals surface area contributed by atoms with Gasteiger partial charge in [0.1, 0.15) is 0 Å². The van der Waals surface area contributed by atoms with Crippen molar-refractivity contribution in [3.8, 4) is 39.1 Å². The molecule has 2 aromatic heterocycles. The first-order chi connectivity index (χ1) is 32.3. The van der Waals surface area contributed by atoms with Crippen LogP contribution < -0.4 is 0 Å². The molecule has 304 valence electrons. The Kier molecular flexibility index (Phi) is 8.70. The van der Waals surface area contributed by atoms with E-state index in [1.54, 1.807) is 0 Å². The summed E-state index contributed by atoms with van der Waals surface area (Å²) in [4.78, 5) is 4.58. The van der Waals surface area contributed by atoms with Gasteiger partial charge in [-0.3, -0.25) is 4.98 Å². The van der Waals surface area contributed by atoms with Gasteiger partial charge in [-0.1, -0.05) is 200 Å². The lowest BCUT2D eigenvalue weighted by Gasteiger charge is -2.37. The summed E-state index contributed by atoms with van der Waals surface area (Å²) in [5, 5.41) is 7.41. The summed E-state index contributed by atoms with van der Waals surface area (Å²) in [6, 6.07) is 76.1. The van der Waals surface area contributed by atoms with Crippen LogP contribution in [-0.2, 0) is 0 Å². The quantitative estimate of drug-likeness (QED) is 0.163. The van der Waals surface area contributed by atoms with E-state index in [1.165, 1.54) is 99.2 Å². The zero-order valence-corrected chi connectivity index (χ0v) is 35.6. The highest BCUT2D eigenvalue weighted by atomic mass is 15.0. The van der Waals surface area contributed by atoms with Crippen molar-refractivity contribution in [3.05, 3.63) is 271 Å². The van der Waals surface area contributed by atoms with Crippen LogP contribution in [0.25, 0.3) is 88.0 Å². The zero-order valence-electron chi connectivity index (χ0n) is 35.6. The Morgan fingerprint density at radius 2 is 1.11 bits per heavy atom. The second-order valence-electron chi connectivity index (χ2n) is 17.4. The molecule has 2 aliphatic rings. The van der Waals surface area contributed by atoms with Crippen molar-refractivity contribution in [2.24, 2.45) is 5.92 Å². The van der Waals surface area contributed by atoms with Crippen LogP contribution in [0, 0.1) is 5.92 Å². The lowest BCUT2D eigenvalue weighted by Crippen LogP contribution is -2.22. The molecule has 0 fully saturated rings. The van der Waals surface area contributed by atoms with E-state index < -0.39 is 0 Å². The first-order valence-corrected chi connectivity index (χ1v) is 22.6. The van der Waals surface area contributed by atoms with Crippen LogP contribution in [0.2, 0.25) is 0 Å².